The maximum Gasteiger partial charge on any atom is 0.123 e. The molecule has 1 nitrogen and oxygen atoms in total. The second kappa shape index (κ2) is 5.90. The van der Waals surface area contributed by atoms with Gasteiger partial charge >= 0.3 is 0 Å². The Kier molecular flexibility index (Phi) is 4.24. The zero-order valence-electron chi connectivity index (χ0n) is 9.36. The third-order valence-electron chi connectivity index (χ3n) is 2.34. The lowest BCUT2D eigenvalue weighted by Crippen LogP contribution is -1.86. The van der Waals surface area contributed by atoms with Crippen molar-refractivity contribution in [2.45, 2.75) is 16.2 Å². The first-order valence-electron chi connectivity index (χ1n) is 5.28. The molecule has 2 aromatic carbocycles. The minimum absolute atomic E-state index is 0.261. The highest BCUT2D eigenvalue weighted by atomic mass is 35.5. The van der Waals surface area contributed by atoms with Gasteiger partial charge in [-0.25, -0.2) is 4.39 Å². The van der Waals surface area contributed by atoms with Crippen molar-refractivity contribution in [2.24, 2.45) is 0 Å². The molecule has 0 atom stereocenters. The zero-order valence-corrected chi connectivity index (χ0v) is 10.9. The van der Waals surface area contributed by atoms with Crippen LogP contribution in [0.15, 0.2) is 52.3 Å². The molecule has 0 spiro atoms. The number of nitriles is 1. The predicted octanol–water partition coefficient (Wildman–Crippen LogP) is 4.70. The summed E-state index contributed by atoms with van der Waals surface area (Å²) in [5.74, 6) is -0.261. The highest BCUT2D eigenvalue weighted by Gasteiger charge is 2.05. The molecule has 0 saturated carbocycles. The molecule has 0 saturated heterocycles. The Balaban J connectivity index is 2.30. The largest absolute Gasteiger partial charge is 0.207 e. The Morgan fingerprint density at radius 1 is 1.17 bits per heavy atom. The first-order chi connectivity index (χ1) is 8.69. The fraction of sp³-hybridized carbons (Fsp3) is 0.0714. The van der Waals surface area contributed by atoms with Crippen molar-refractivity contribution >= 4 is 23.4 Å². The molecule has 0 aliphatic carbocycles. The van der Waals surface area contributed by atoms with Crippen molar-refractivity contribution < 1.29 is 4.39 Å². The van der Waals surface area contributed by atoms with Crippen molar-refractivity contribution in [3.63, 3.8) is 0 Å². The van der Waals surface area contributed by atoms with Crippen LogP contribution in [-0.2, 0) is 6.42 Å². The van der Waals surface area contributed by atoms with Gasteiger partial charge in [-0.2, -0.15) is 5.26 Å². The highest BCUT2D eigenvalue weighted by molar-refractivity contribution is 7.99. The van der Waals surface area contributed by atoms with E-state index < -0.39 is 0 Å². The lowest BCUT2D eigenvalue weighted by atomic mass is 10.2. The first-order valence-corrected chi connectivity index (χ1v) is 6.47. The van der Waals surface area contributed by atoms with E-state index in [1.54, 1.807) is 18.2 Å². The van der Waals surface area contributed by atoms with Gasteiger partial charge in [-0.1, -0.05) is 29.4 Å². The average Bonchev–Trinajstić information content (AvgIpc) is 2.36. The average molecular weight is 278 g/mol. The van der Waals surface area contributed by atoms with Crippen LogP contribution in [0.25, 0.3) is 0 Å². The van der Waals surface area contributed by atoms with Gasteiger partial charge in [-0.15, -0.1) is 0 Å². The number of rotatable bonds is 3. The summed E-state index contributed by atoms with van der Waals surface area (Å²) in [6.07, 6.45) is 0.334. The van der Waals surface area contributed by atoms with Crippen molar-refractivity contribution in [1.82, 2.24) is 0 Å². The number of hydrogen-bond donors (Lipinski definition) is 0. The summed E-state index contributed by atoms with van der Waals surface area (Å²) in [6, 6.07) is 13.8. The van der Waals surface area contributed by atoms with E-state index in [2.05, 4.69) is 6.07 Å². The van der Waals surface area contributed by atoms with Crippen molar-refractivity contribution in [1.29, 1.82) is 5.26 Å². The molecule has 2 rings (SSSR count). The molecule has 0 fully saturated rings. The van der Waals surface area contributed by atoms with Gasteiger partial charge in [-0.05, 0) is 42.0 Å². The second-order valence-corrected chi connectivity index (χ2v) is 5.19. The van der Waals surface area contributed by atoms with Crippen LogP contribution < -0.4 is 0 Å². The second-order valence-electron chi connectivity index (χ2n) is 3.64. The van der Waals surface area contributed by atoms with Gasteiger partial charge in [0.2, 0.25) is 0 Å². The first kappa shape index (κ1) is 12.9. The van der Waals surface area contributed by atoms with Gasteiger partial charge in [0.15, 0.2) is 0 Å². The standard InChI is InChI=1S/C14H9ClFNS/c15-11-2-1-10(7-8-17)14(9-11)18-13-5-3-12(16)4-6-13/h1-6,9H,7H2. The molecule has 2 aromatic rings. The van der Waals surface area contributed by atoms with Gasteiger partial charge in [0.05, 0.1) is 12.5 Å². The topological polar surface area (TPSA) is 23.8 Å². The normalized spacial score (nSPS) is 10.1. The van der Waals surface area contributed by atoms with E-state index in [4.69, 9.17) is 16.9 Å². The fourth-order valence-electron chi connectivity index (χ4n) is 1.48. The van der Waals surface area contributed by atoms with E-state index in [-0.39, 0.29) is 5.82 Å². The Labute approximate surface area is 114 Å². The molecule has 4 heteroatoms. The summed E-state index contributed by atoms with van der Waals surface area (Å²) in [4.78, 5) is 1.84. The SMILES string of the molecule is N#CCc1ccc(Cl)cc1Sc1ccc(F)cc1. The molecule has 0 unspecified atom stereocenters. The fourth-order valence-corrected chi connectivity index (χ4v) is 2.70. The molecule has 0 aromatic heterocycles. The van der Waals surface area contributed by atoms with Gasteiger partial charge in [0.1, 0.15) is 5.82 Å². The van der Waals surface area contributed by atoms with Crippen LogP contribution in [-0.4, -0.2) is 0 Å². The molecule has 0 bridgehead atoms. The summed E-state index contributed by atoms with van der Waals surface area (Å²) in [6.45, 7) is 0. The third-order valence-corrected chi connectivity index (χ3v) is 3.68. The van der Waals surface area contributed by atoms with Crippen LogP contribution in [0.1, 0.15) is 5.56 Å². The maximum absolute atomic E-state index is 12.8. The quantitative estimate of drug-likeness (QED) is 0.812. The molecule has 0 N–H and O–H groups in total. The molecule has 0 aliphatic rings. The number of nitrogens with zero attached hydrogens (tertiary/aromatic N) is 1. The van der Waals surface area contributed by atoms with E-state index in [1.807, 2.05) is 12.1 Å². The van der Waals surface area contributed by atoms with Crippen LogP contribution in [0.3, 0.4) is 0 Å². The summed E-state index contributed by atoms with van der Waals surface area (Å²) in [7, 11) is 0. The summed E-state index contributed by atoms with van der Waals surface area (Å²) in [5, 5.41) is 9.40. The zero-order chi connectivity index (χ0) is 13.0. The van der Waals surface area contributed by atoms with Gasteiger partial charge in [0, 0.05) is 14.8 Å². The van der Waals surface area contributed by atoms with Gasteiger partial charge in [0.25, 0.3) is 0 Å². The molecular weight excluding hydrogens is 269 g/mol. The molecule has 0 heterocycles. The minimum atomic E-state index is -0.261. The lowest BCUT2D eigenvalue weighted by Gasteiger charge is -2.07. The molecule has 0 radical (unpaired) electrons. The monoisotopic (exact) mass is 277 g/mol. The smallest absolute Gasteiger partial charge is 0.123 e. The molecule has 0 aliphatic heterocycles. The van der Waals surface area contributed by atoms with Crippen LogP contribution in [0, 0.1) is 17.1 Å². The van der Waals surface area contributed by atoms with Crippen molar-refractivity contribution in [3.05, 3.63) is 58.9 Å². The number of halogens is 2. The minimum Gasteiger partial charge on any atom is -0.207 e. The Morgan fingerprint density at radius 3 is 2.56 bits per heavy atom. The van der Waals surface area contributed by atoms with Gasteiger partial charge < -0.3 is 0 Å². The van der Waals surface area contributed by atoms with Crippen LogP contribution >= 0.6 is 23.4 Å². The Hall–Kier alpha value is -1.50. The predicted molar refractivity (Wildman–Crippen MR) is 71.3 cm³/mol. The lowest BCUT2D eigenvalue weighted by molar-refractivity contribution is 0.626. The van der Waals surface area contributed by atoms with E-state index in [0.29, 0.717) is 11.4 Å². The number of benzene rings is 2. The van der Waals surface area contributed by atoms with E-state index >= 15 is 0 Å². The summed E-state index contributed by atoms with van der Waals surface area (Å²) >= 11 is 7.43. The molecule has 18 heavy (non-hydrogen) atoms. The molecule has 0 amide bonds. The molecular formula is C14H9ClFNS. The van der Waals surface area contributed by atoms with E-state index in [9.17, 15) is 4.39 Å². The molecule has 90 valence electrons. The van der Waals surface area contributed by atoms with Crippen LogP contribution in [0.4, 0.5) is 4.39 Å². The number of hydrogen-bond acceptors (Lipinski definition) is 2. The maximum atomic E-state index is 12.8. The Bertz CT molecular complexity index is 590. The summed E-state index contributed by atoms with van der Waals surface area (Å²) < 4.78 is 12.8. The third kappa shape index (κ3) is 3.25. The van der Waals surface area contributed by atoms with Gasteiger partial charge in [-0.3, -0.25) is 0 Å². The van der Waals surface area contributed by atoms with Crippen molar-refractivity contribution in [3.8, 4) is 6.07 Å². The Morgan fingerprint density at radius 2 is 1.89 bits per heavy atom. The van der Waals surface area contributed by atoms with E-state index in [1.165, 1.54) is 23.9 Å². The summed E-state index contributed by atoms with van der Waals surface area (Å²) in [5.41, 5.74) is 0.927. The van der Waals surface area contributed by atoms with Crippen LogP contribution in [0.2, 0.25) is 5.02 Å². The van der Waals surface area contributed by atoms with Crippen molar-refractivity contribution in [2.75, 3.05) is 0 Å². The van der Waals surface area contributed by atoms with Crippen LogP contribution in [0.5, 0.6) is 0 Å². The highest BCUT2D eigenvalue weighted by Crippen LogP contribution is 2.32. The van der Waals surface area contributed by atoms with E-state index in [0.717, 1.165) is 15.4 Å².